The molecule has 0 aliphatic heterocycles. The first kappa shape index (κ1) is 13.1. The van der Waals surface area contributed by atoms with Gasteiger partial charge < -0.3 is 5.32 Å². The molecule has 19 heavy (non-hydrogen) atoms. The van der Waals surface area contributed by atoms with Gasteiger partial charge in [0.25, 0.3) is 0 Å². The number of carbonyl (C=O) groups is 1. The van der Waals surface area contributed by atoms with Crippen LogP contribution >= 0.6 is 0 Å². The van der Waals surface area contributed by atoms with Gasteiger partial charge in [-0.3, -0.25) is 4.79 Å². The summed E-state index contributed by atoms with van der Waals surface area (Å²) >= 11 is 0. The van der Waals surface area contributed by atoms with Crippen molar-refractivity contribution < 1.29 is 9.18 Å². The zero-order valence-electron chi connectivity index (χ0n) is 10.7. The summed E-state index contributed by atoms with van der Waals surface area (Å²) in [6, 6.07) is 6.19. The summed E-state index contributed by atoms with van der Waals surface area (Å²) in [7, 11) is 0. The van der Waals surface area contributed by atoms with Gasteiger partial charge >= 0.3 is 0 Å². The van der Waals surface area contributed by atoms with Crippen molar-refractivity contribution in [3.8, 4) is 11.4 Å². The molecule has 6 nitrogen and oxygen atoms in total. The van der Waals surface area contributed by atoms with Gasteiger partial charge in [-0.1, -0.05) is 12.1 Å². The van der Waals surface area contributed by atoms with Crippen LogP contribution in [0.3, 0.4) is 0 Å². The van der Waals surface area contributed by atoms with Crippen LogP contribution in [0.15, 0.2) is 24.3 Å². The Kier molecular flexibility index (Phi) is 3.84. The van der Waals surface area contributed by atoms with Crippen LogP contribution in [-0.2, 0) is 11.3 Å². The first-order valence-corrected chi connectivity index (χ1v) is 5.88. The molecule has 0 saturated heterocycles. The van der Waals surface area contributed by atoms with Crippen LogP contribution < -0.4 is 5.32 Å². The number of nitrogens with zero attached hydrogens (tertiary/aromatic N) is 4. The van der Waals surface area contributed by atoms with E-state index in [1.54, 1.807) is 18.2 Å². The molecule has 0 saturated carbocycles. The van der Waals surface area contributed by atoms with Gasteiger partial charge in [-0.2, -0.15) is 0 Å². The summed E-state index contributed by atoms with van der Waals surface area (Å²) in [5.74, 6) is -0.417. The number of halogens is 1. The Hall–Kier alpha value is -2.31. The second kappa shape index (κ2) is 5.55. The van der Waals surface area contributed by atoms with Crippen LogP contribution in [0.2, 0.25) is 0 Å². The van der Waals surface area contributed by atoms with Crippen molar-refractivity contribution >= 4 is 5.91 Å². The molecule has 1 N–H and O–H groups in total. The number of amides is 1. The van der Waals surface area contributed by atoms with Crippen LogP contribution in [0.5, 0.6) is 0 Å². The number of rotatable bonds is 4. The molecule has 1 amide bonds. The predicted molar refractivity (Wildman–Crippen MR) is 66.5 cm³/mol. The number of tetrazole rings is 1. The van der Waals surface area contributed by atoms with E-state index in [0.717, 1.165) is 0 Å². The molecule has 0 fully saturated rings. The molecule has 0 radical (unpaired) electrons. The van der Waals surface area contributed by atoms with Crippen molar-refractivity contribution in [3.63, 3.8) is 0 Å². The van der Waals surface area contributed by atoms with E-state index in [-0.39, 0.29) is 29.9 Å². The monoisotopic (exact) mass is 263 g/mol. The minimum atomic E-state index is -0.428. The smallest absolute Gasteiger partial charge is 0.242 e. The van der Waals surface area contributed by atoms with E-state index in [9.17, 15) is 9.18 Å². The van der Waals surface area contributed by atoms with Crippen molar-refractivity contribution in [2.75, 3.05) is 0 Å². The van der Waals surface area contributed by atoms with Crippen LogP contribution in [-0.4, -0.2) is 32.2 Å². The minimum absolute atomic E-state index is 0.0286. The van der Waals surface area contributed by atoms with E-state index in [2.05, 4.69) is 20.8 Å². The molecule has 0 spiro atoms. The van der Waals surface area contributed by atoms with Crippen LogP contribution in [0.4, 0.5) is 4.39 Å². The minimum Gasteiger partial charge on any atom is -0.352 e. The number of nitrogens with one attached hydrogen (secondary N) is 1. The Labute approximate surface area is 109 Å². The van der Waals surface area contributed by atoms with E-state index >= 15 is 0 Å². The van der Waals surface area contributed by atoms with E-state index in [1.165, 1.54) is 10.7 Å². The Balaban J connectivity index is 2.24. The average molecular weight is 263 g/mol. The van der Waals surface area contributed by atoms with E-state index in [4.69, 9.17) is 0 Å². The molecular weight excluding hydrogens is 249 g/mol. The number of carbonyl (C=O) groups excluding carboxylic acids is 1. The summed E-state index contributed by atoms with van der Waals surface area (Å²) in [4.78, 5) is 11.7. The molecule has 100 valence electrons. The lowest BCUT2D eigenvalue weighted by Crippen LogP contribution is -2.33. The van der Waals surface area contributed by atoms with Gasteiger partial charge in [0, 0.05) is 6.04 Å². The van der Waals surface area contributed by atoms with Crippen LogP contribution in [0.1, 0.15) is 13.8 Å². The Morgan fingerprint density at radius 2 is 2.16 bits per heavy atom. The van der Waals surface area contributed by atoms with E-state index in [1.807, 2.05) is 13.8 Å². The van der Waals surface area contributed by atoms with Gasteiger partial charge in [0.05, 0.1) is 5.56 Å². The molecule has 1 heterocycles. The summed E-state index contributed by atoms with van der Waals surface area (Å²) < 4.78 is 14.9. The highest BCUT2D eigenvalue weighted by atomic mass is 19.1. The summed E-state index contributed by atoms with van der Waals surface area (Å²) in [5, 5.41) is 13.7. The quantitative estimate of drug-likeness (QED) is 0.893. The highest BCUT2D eigenvalue weighted by Crippen LogP contribution is 2.18. The van der Waals surface area contributed by atoms with Gasteiger partial charge in [-0.15, -0.1) is 5.10 Å². The van der Waals surface area contributed by atoms with Crippen molar-refractivity contribution in [1.29, 1.82) is 0 Å². The summed E-state index contributed by atoms with van der Waals surface area (Å²) in [6.07, 6.45) is 0. The van der Waals surface area contributed by atoms with Crippen molar-refractivity contribution in [3.05, 3.63) is 30.1 Å². The molecule has 0 bridgehead atoms. The lowest BCUT2D eigenvalue weighted by Gasteiger charge is -2.09. The van der Waals surface area contributed by atoms with Gasteiger partial charge in [-0.05, 0) is 36.4 Å². The average Bonchev–Trinajstić information content (AvgIpc) is 2.76. The fourth-order valence-corrected chi connectivity index (χ4v) is 1.65. The second-order valence-corrected chi connectivity index (χ2v) is 4.36. The predicted octanol–water partition coefficient (Wildman–Crippen LogP) is 1.00. The maximum atomic E-state index is 13.7. The molecule has 0 aliphatic carbocycles. The molecule has 2 rings (SSSR count). The van der Waals surface area contributed by atoms with Crippen LogP contribution in [0.25, 0.3) is 11.4 Å². The lowest BCUT2D eigenvalue weighted by atomic mass is 10.2. The fourth-order valence-electron chi connectivity index (χ4n) is 1.65. The summed E-state index contributed by atoms with van der Waals surface area (Å²) in [6.45, 7) is 3.67. The van der Waals surface area contributed by atoms with Crippen molar-refractivity contribution in [2.24, 2.45) is 0 Å². The molecule has 0 unspecified atom stereocenters. The lowest BCUT2D eigenvalue weighted by molar-refractivity contribution is -0.122. The van der Waals surface area contributed by atoms with Gasteiger partial charge in [0.2, 0.25) is 5.91 Å². The van der Waals surface area contributed by atoms with Crippen molar-refractivity contribution in [1.82, 2.24) is 25.5 Å². The number of aromatic nitrogens is 4. The van der Waals surface area contributed by atoms with Gasteiger partial charge in [0.15, 0.2) is 5.82 Å². The SMILES string of the molecule is CC(C)NC(=O)Cn1nnnc1-c1ccccc1F. The maximum Gasteiger partial charge on any atom is 0.242 e. The zero-order chi connectivity index (χ0) is 13.8. The third kappa shape index (κ3) is 3.12. The zero-order valence-corrected chi connectivity index (χ0v) is 10.7. The molecule has 0 aliphatic rings. The molecule has 7 heteroatoms. The first-order valence-electron chi connectivity index (χ1n) is 5.88. The molecule has 2 aromatic rings. The number of hydrogen-bond acceptors (Lipinski definition) is 4. The first-order chi connectivity index (χ1) is 9.08. The Morgan fingerprint density at radius 1 is 1.42 bits per heavy atom. The standard InChI is InChI=1S/C12H14FN5O/c1-8(2)14-11(19)7-18-12(15-16-17-18)9-5-3-4-6-10(9)13/h3-6,8H,7H2,1-2H3,(H,14,19). The molecule has 1 aromatic heterocycles. The van der Waals surface area contributed by atoms with Gasteiger partial charge in [0.1, 0.15) is 12.4 Å². The van der Waals surface area contributed by atoms with Crippen molar-refractivity contribution in [2.45, 2.75) is 26.4 Å². The maximum absolute atomic E-state index is 13.7. The van der Waals surface area contributed by atoms with E-state index < -0.39 is 5.82 Å². The fraction of sp³-hybridized carbons (Fsp3) is 0.333. The van der Waals surface area contributed by atoms with E-state index in [0.29, 0.717) is 0 Å². The highest BCUT2D eigenvalue weighted by Gasteiger charge is 2.15. The molecule has 1 aromatic carbocycles. The molecule has 0 atom stereocenters. The molecular formula is C12H14FN5O. The van der Waals surface area contributed by atoms with Gasteiger partial charge in [-0.25, -0.2) is 9.07 Å². The highest BCUT2D eigenvalue weighted by molar-refractivity contribution is 5.76. The topological polar surface area (TPSA) is 72.7 Å². The number of hydrogen-bond donors (Lipinski definition) is 1. The largest absolute Gasteiger partial charge is 0.352 e. The Morgan fingerprint density at radius 3 is 2.84 bits per heavy atom. The third-order valence-electron chi connectivity index (χ3n) is 2.39. The van der Waals surface area contributed by atoms with Crippen LogP contribution in [0, 0.1) is 5.82 Å². The number of benzene rings is 1. The second-order valence-electron chi connectivity index (χ2n) is 4.36. The Bertz CT molecular complexity index is 581. The third-order valence-corrected chi connectivity index (χ3v) is 2.39. The normalized spacial score (nSPS) is 10.7. The summed E-state index contributed by atoms with van der Waals surface area (Å²) in [5.41, 5.74) is 0.268.